The number of thiophene rings is 1. The Morgan fingerprint density at radius 1 is 1.16 bits per heavy atom. The first-order chi connectivity index (χ1) is 9.17. The summed E-state index contributed by atoms with van der Waals surface area (Å²) < 4.78 is 11.6. The second-order valence-electron chi connectivity index (χ2n) is 3.89. The maximum atomic E-state index is 5.69. The number of halogens is 1. The summed E-state index contributed by atoms with van der Waals surface area (Å²) in [5, 5.41) is 0. The average Bonchev–Trinajstić information content (AvgIpc) is 2.85. The molecule has 1 unspecified atom stereocenters. The van der Waals surface area contributed by atoms with E-state index in [1.165, 1.54) is 0 Å². The SMILES string of the molecule is COc1cc(OC)cc(C(NN)c2ccc(Br)s2)c1. The van der Waals surface area contributed by atoms with Gasteiger partial charge in [-0.25, -0.2) is 5.43 Å². The molecule has 0 fully saturated rings. The van der Waals surface area contributed by atoms with Crippen LogP contribution in [0.4, 0.5) is 0 Å². The highest BCUT2D eigenvalue weighted by Crippen LogP contribution is 2.34. The summed E-state index contributed by atoms with van der Waals surface area (Å²) in [5.74, 6) is 7.17. The Balaban J connectivity index is 2.42. The van der Waals surface area contributed by atoms with Crippen molar-refractivity contribution in [3.63, 3.8) is 0 Å². The molecule has 102 valence electrons. The predicted molar refractivity (Wildman–Crippen MR) is 80.7 cm³/mol. The maximum absolute atomic E-state index is 5.69. The van der Waals surface area contributed by atoms with Crippen LogP contribution in [0.2, 0.25) is 0 Å². The van der Waals surface area contributed by atoms with Crippen LogP contribution in [-0.2, 0) is 0 Å². The first-order valence-electron chi connectivity index (χ1n) is 5.62. The fourth-order valence-electron chi connectivity index (χ4n) is 1.82. The molecule has 19 heavy (non-hydrogen) atoms. The second-order valence-corrected chi connectivity index (χ2v) is 6.38. The Bertz CT molecular complexity index is 537. The smallest absolute Gasteiger partial charge is 0.122 e. The lowest BCUT2D eigenvalue weighted by Crippen LogP contribution is -2.28. The van der Waals surface area contributed by atoms with Crippen LogP contribution in [0.5, 0.6) is 11.5 Å². The number of hydrogen-bond donors (Lipinski definition) is 2. The topological polar surface area (TPSA) is 56.5 Å². The van der Waals surface area contributed by atoms with Crippen LogP contribution in [0.1, 0.15) is 16.5 Å². The zero-order valence-corrected chi connectivity index (χ0v) is 13.0. The van der Waals surface area contributed by atoms with Crippen molar-refractivity contribution in [1.82, 2.24) is 5.43 Å². The van der Waals surface area contributed by atoms with E-state index < -0.39 is 0 Å². The van der Waals surface area contributed by atoms with E-state index in [-0.39, 0.29) is 6.04 Å². The Labute approximate surface area is 124 Å². The molecule has 1 atom stereocenters. The van der Waals surface area contributed by atoms with E-state index in [4.69, 9.17) is 15.3 Å². The van der Waals surface area contributed by atoms with Crippen LogP contribution in [0.3, 0.4) is 0 Å². The summed E-state index contributed by atoms with van der Waals surface area (Å²) in [4.78, 5) is 1.12. The first kappa shape index (κ1) is 14.3. The Hall–Kier alpha value is -1.08. The molecule has 0 aliphatic heterocycles. The molecule has 0 aliphatic rings. The molecule has 0 spiro atoms. The monoisotopic (exact) mass is 342 g/mol. The van der Waals surface area contributed by atoms with Crippen molar-refractivity contribution < 1.29 is 9.47 Å². The van der Waals surface area contributed by atoms with Gasteiger partial charge in [-0.05, 0) is 45.8 Å². The summed E-state index contributed by atoms with van der Waals surface area (Å²) >= 11 is 5.09. The fraction of sp³-hybridized carbons (Fsp3) is 0.231. The van der Waals surface area contributed by atoms with Gasteiger partial charge in [0, 0.05) is 10.9 Å². The summed E-state index contributed by atoms with van der Waals surface area (Å²) in [6.07, 6.45) is 0. The largest absolute Gasteiger partial charge is 0.497 e. The third-order valence-electron chi connectivity index (χ3n) is 2.75. The van der Waals surface area contributed by atoms with Crippen LogP contribution < -0.4 is 20.7 Å². The molecule has 1 aromatic carbocycles. The lowest BCUT2D eigenvalue weighted by molar-refractivity contribution is 0.392. The molecule has 0 saturated carbocycles. The Kier molecular flexibility index (Phi) is 4.81. The second kappa shape index (κ2) is 6.38. The van der Waals surface area contributed by atoms with Gasteiger partial charge in [-0.1, -0.05) is 0 Å². The lowest BCUT2D eigenvalue weighted by atomic mass is 10.1. The lowest BCUT2D eigenvalue weighted by Gasteiger charge is -2.16. The van der Waals surface area contributed by atoms with Crippen molar-refractivity contribution in [2.24, 2.45) is 5.84 Å². The predicted octanol–water partition coefficient (Wildman–Crippen LogP) is 3.08. The molecule has 6 heteroatoms. The van der Waals surface area contributed by atoms with Gasteiger partial charge in [0.05, 0.1) is 24.0 Å². The van der Waals surface area contributed by atoms with Crippen molar-refractivity contribution >= 4 is 27.3 Å². The van der Waals surface area contributed by atoms with E-state index >= 15 is 0 Å². The Morgan fingerprint density at radius 3 is 2.21 bits per heavy atom. The van der Waals surface area contributed by atoms with Crippen LogP contribution in [0, 0.1) is 0 Å². The minimum Gasteiger partial charge on any atom is -0.497 e. The van der Waals surface area contributed by atoms with Gasteiger partial charge in [0.1, 0.15) is 11.5 Å². The molecule has 2 aromatic rings. The highest BCUT2D eigenvalue weighted by atomic mass is 79.9. The van der Waals surface area contributed by atoms with Crippen molar-refractivity contribution in [2.75, 3.05) is 14.2 Å². The van der Waals surface area contributed by atoms with Crippen LogP contribution in [0.15, 0.2) is 34.1 Å². The molecule has 1 heterocycles. The molecule has 0 saturated heterocycles. The van der Waals surface area contributed by atoms with Crippen molar-refractivity contribution in [1.29, 1.82) is 0 Å². The molecule has 3 N–H and O–H groups in total. The summed E-state index contributed by atoms with van der Waals surface area (Å²) in [6, 6.07) is 9.66. The molecular weight excluding hydrogens is 328 g/mol. The van der Waals surface area contributed by atoms with Crippen molar-refractivity contribution in [3.8, 4) is 11.5 Å². The van der Waals surface area contributed by atoms with Gasteiger partial charge in [0.15, 0.2) is 0 Å². The minimum atomic E-state index is -0.0969. The van der Waals surface area contributed by atoms with E-state index in [0.29, 0.717) is 0 Å². The number of nitrogens with two attached hydrogens (primary N) is 1. The third kappa shape index (κ3) is 3.27. The molecule has 0 radical (unpaired) electrons. The summed E-state index contributed by atoms with van der Waals surface area (Å²) in [7, 11) is 3.26. The van der Waals surface area contributed by atoms with Crippen LogP contribution >= 0.6 is 27.3 Å². The summed E-state index contributed by atoms with van der Waals surface area (Å²) in [5.41, 5.74) is 3.82. The average molecular weight is 343 g/mol. The number of hydrogen-bond acceptors (Lipinski definition) is 5. The fourth-order valence-corrected chi connectivity index (χ4v) is 3.33. The summed E-state index contributed by atoms with van der Waals surface area (Å²) in [6.45, 7) is 0. The van der Waals surface area contributed by atoms with E-state index in [1.54, 1.807) is 25.6 Å². The van der Waals surface area contributed by atoms with Gasteiger partial charge in [-0.2, -0.15) is 0 Å². The highest BCUT2D eigenvalue weighted by Gasteiger charge is 2.16. The number of hydrazine groups is 1. The van der Waals surface area contributed by atoms with E-state index in [9.17, 15) is 0 Å². The maximum Gasteiger partial charge on any atom is 0.122 e. The van der Waals surface area contributed by atoms with Crippen LogP contribution in [-0.4, -0.2) is 14.2 Å². The quantitative estimate of drug-likeness (QED) is 0.647. The van der Waals surface area contributed by atoms with Gasteiger partial charge in [0.2, 0.25) is 0 Å². The van der Waals surface area contributed by atoms with Gasteiger partial charge < -0.3 is 9.47 Å². The third-order valence-corrected chi connectivity index (χ3v) is 4.44. The minimum absolute atomic E-state index is 0.0969. The first-order valence-corrected chi connectivity index (χ1v) is 7.23. The molecular formula is C13H15BrN2O2S. The number of ether oxygens (including phenoxy) is 2. The number of rotatable bonds is 5. The molecule has 0 amide bonds. The van der Waals surface area contributed by atoms with E-state index in [0.717, 1.165) is 25.7 Å². The van der Waals surface area contributed by atoms with E-state index in [1.807, 2.05) is 30.3 Å². The Morgan fingerprint density at radius 2 is 1.79 bits per heavy atom. The van der Waals surface area contributed by atoms with Gasteiger partial charge in [-0.3, -0.25) is 5.84 Å². The van der Waals surface area contributed by atoms with Gasteiger partial charge in [-0.15, -0.1) is 11.3 Å². The number of benzene rings is 1. The van der Waals surface area contributed by atoms with Gasteiger partial charge >= 0.3 is 0 Å². The molecule has 2 rings (SSSR count). The highest BCUT2D eigenvalue weighted by molar-refractivity contribution is 9.11. The zero-order chi connectivity index (χ0) is 13.8. The number of nitrogens with one attached hydrogen (secondary N) is 1. The van der Waals surface area contributed by atoms with E-state index in [2.05, 4.69) is 21.4 Å². The van der Waals surface area contributed by atoms with Crippen LogP contribution in [0.25, 0.3) is 0 Å². The van der Waals surface area contributed by atoms with Gasteiger partial charge in [0.25, 0.3) is 0 Å². The normalized spacial score (nSPS) is 12.2. The zero-order valence-electron chi connectivity index (χ0n) is 10.6. The molecule has 0 bridgehead atoms. The molecule has 0 aliphatic carbocycles. The standard InChI is InChI=1S/C13H15BrN2O2S/c1-17-9-5-8(6-10(7-9)18-2)13(16-15)11-3-4-12(14)19-11/h3-7,13,16H,15H2,1-2H3. The van der Waals surface area contributed by atoms with Crippen molar-refractivity contribution in [2.45, 2.75) is 6.04 Å². The molecule has 1 aromatic heterocycles. The molecule has 4 nitrogen and oxygen atoms in total. The number of methoxy groups -OCH3 is 2. The van der Waals surface area contributed by atoms with Crippen molar-refractivity contribution in [3.05, 3.63) is 44.6 Å².